The molecule has 0 aromatic heterocycles. The Morgan fingerprint density at radius 2 is 1.84 bits per heavy atom. The standard InChI is InChI=1S/C10H12Br2O.CH2O3.2K/c1-8-9(12)4-2-5-10(8)13-7-3-6-11;2-1(3)4;;/h2,4-5H,3,6-7H2,1H3;(H2,2,3,4);;/q;;2*+1/p-2. The molecule has 0 aliphatic heterocycles. The number of ether oxygens (including phenoxy) is 1. The molecule has 0 amide bonds. The zero-order valence-corrected chi connectivity index (χ0v) is 20.7. The number of carboxylic acid groups (broad SMARTS) is 2. The molecule has 1 aromatic rings. The molecule has 0 saturated carbocycles. The van der Waals surface area contributed by atoms with E-state index in [1.54, 1.807) is 0 Å². The van der Waals surface area contributed by atoms with Crippen LogP contribution < -0.4 is 118 Å². The maximum Gasteiger partial charge on any atom is 1.00 e. The van der Waals surface area contributed by atoms with Gasteiger partial charge in [0, 0.05) is 15.4 Å². The third-order valence-electron chi connectivity index (χ3n) is 1.75. The summed E-state index contributed by atoms with van der Waals surface area (Å²) in [6.07, 6.45) is -1.30. The molecule has 1 rings (SSSR count). The number of hydrogen-bond acceptors (Lipinski definition) is 4. The molecule has 0 radical (unpaired) electrons. The van der Waals surface area contributed by atoms with E-state index in [2.05, 4.69) is 31.9 Å². The topological polar surface area (TPSA) is 72.4 Å². The van der Waals surface area contributed by atoms with E-state index in [1.165, 1.54) is 0 Å². The maximum absolute atomic E-state index is 8.33. The second-order valence-corrected chi connectivity index (χ2v) is 4.65. The molecule has 0 atom stereocenters. The van der Waals surface area contributed by atoms with Gasteiger partial charge in [-0.05, 0) is 31.6 Å². The molecule has 19 heavy (non-hydrogen) atoms. The Bertz CT molecular complexity index is 361. The largest absolute Gasteiger partial charge is 1.00 e. The van der Waals surface area contributed by atoms with Gasteiger partial charge in [0.05, 0.1) is 6.61 Å². The molecule has 8 heteroatoms. The van der Waals surface area contributed by atoms with Crippen LogP contribution in [0.25, 0.3) is 0 Å². The summed E-state index contributed by atoms with van der Waals surface area (Å²) in [5, 5.41) is 17.7. The van der Waals surface area contributed by atoms with Crippen LogP contribution in [0.5, 0.6) is 5.75 Å². The summed E-state index contributed by atoms with van der Waals surface area (Å²) in [6, 6.07) is 6.00. The Hall–Kier alpha value is 2.52. The molecule has 0 heterocycles. The van der Waals surface area contributed by atoms with Gasteiger partial charge in [-0.1, -0.05) is 37.9 Å². The van der Waals surface area contributed by atoms with Crippen molar-refractivity contribution in [3.63, 3.8) is 0 Å². The summed E-state index contributed by atoms with van der Waals surface area (Å²) in [4.78, 5) is 8.33. The Morgan fingerprint density at radius 1 is 1.32 bits per heavy atom. The van der Waals surface area contributed by atoms with Crippen molar-refractivity contribution in [3.8, 4) is 5.75 Å². The van der Waals surface area contributed by atoms with Gasteiger partial charge in [-0.15, -0.1) is 0 Å². The third-order valence-corrected chi connectivity index (χ3v) is 3.17. The smallest absolute Gasteiger partial charge is 0.652 e. The molecule has 0 spiro atoms. The van der Waals surface area contributed by atoms with Crippen molar-refractivity contribution >= 4 is 38.0 Å². The van der Waals surface area contributed by atoms with Gasteiger partial charge in [0.2, 0.25) is 0 Å². The summed E-state index contributed by atoms with van der Waals surface area (Å²) >= 11 is 6.83. The van der Waals surface area contributed by atoms with Crippen molar-refractivity contribution in [2.24, 2.45) is 0 Å². The second-order valence-electron chi connectivity index (χ2n) is 3.00. The summed E-state index contributed by atoms with van der Waals surface area (Å²) in [7, 11) is 0. The fourth-order valence-electron chi connectivity index (χ4n) is 0.981. The van der Waals surface area contributed by atoms with Crippen molar-refractivity contribution in [3.05, 3.63) is 28.2 Å². The van der Waals surface area contributed by atoms with Gasteiger partial charge in [-0.25, -0.2) is 0 Å². The summed E-state index contributed by atoms with van der Waals surface area (Å²) in [5.74, 6) is 0.968. The minimum atomic E-state index is -2.33. The molecule has 1 aromatic carbocycles. The van der Waals surface area contributed by atoms with Gasteiger partial charge in [0.25, 0.3) is 0 Å². The van der Waals surface area contributed by atoms with E-state index in [1.807, 2.05) is 25.1 Å². The molecule has 0 bridgehead atoms. The van der Waals surface area contributed by atoms with Gasteiger partial charge in [0.15, 0.2) is 0 Å². The van der Waals surface area contributed by atoms with E-state index in [-0.39, 0.29) is 103 Å². The molecule has 0 unspecified atom stereocenters. The van der Waals surface area contributed by atoms with Gasteiger partial charge >= 0.3 is 103 Å². The number of alkyl halides is 1. The van der Waals surface area contributed by atoms with E-state index >= 15 is 0 Å². The normalized spacial score (nSPS) is 8.16. The Morgan fingerprint density at radius 3 is 2.32 bits per heavy atom. The van der Waals surface area contributed by atoms with E-state index < -0.39 is 6.16 Å². The van der Waals surface area contributed by atoms with Gasteiger partial charge in [-0.2, -0.15) is 0 Å². The second kappa shape index (κ2) is 16.9. The Labute approximate surface area is 215 Å². The molecule has 0 fully saturated rings. The van der Waals surface area contributed by atoms with Crippen LogP contribution in [0.1, 0.15) is 12.0 Å². The minimum absolute atomic E-state index is 0. The van der Waals surface area contributed by atoms with Crippen molar-refractivity contribution < 1.29 is 123 Å². The predicted molar refractivity (Wildman–Crippen MR) is 68.2 cm³/mol. The fraction of sp³-hybridized carbons (Fsp3) is 0.364. The summed E-state index contributed by atoms with van der Waals surface area (Å²) in [5.41, 5.74) is 1.16. The molecule has 0 aliphatic rings. The first-order chi connectivity index (χ1) is 7.99. The maximum atomic E-state index is 8.33. The van der Waals surface area contributed by atoms with Gasteiger partial charge < -0.3 is 19.7 Å². The van der Waals surface area contributed by atoms with E-state index in [4.69, 9.17) is 19.7 Å². The monoisotopic (exact) mass is 444 g/mol. The van der Waals surface area contributed by atoms with Crippen LogP contribution in [0.2, 0.25) is 0 Å². The van der Waals surface area contributed by atoms with Crippen molar-refractivity contribution in [2.75, 3.05) is 11.9 Å². The summed E-state index contributed by atoms with van der Waals surface area (Å²) < 4.78 is 6.70. The van der Waals surface area contributed by atoms with E-state index in [0.717, 1.165) is 34.1 Å². The van der Waals surface area contributed by atoms with Crippen molar-refractivity contribution in [1.82, 2.24) is 0 Å². The zero-order valence-electron chi connectivity index (χ0n) is 11.2. The number of benzene rings is 1. The van der Waals surface area contributed by atoms with Crippen LogP contribution in [-0.4, -0.2) is 18.1 Å². The number of carbonyl (C=O) groups is 1. The van der Waals surface area contributed by atoms with E-state index in [9.17, 15) is 0 Å². The molecule has 0 N–H and O–H groups in total. The first-order valence-corrected chi connectivity index (χ1v) is 6.72. The first-order valence-electron chi connectivity index (χ1n) is 4.81. The first kappa shape index (κ1) is 26.4. The van der Waals surface area contributed by atoms with Crippen LogP contribution in [0, 0.1) is 6.92 Å². The van der Waals surface area contributed by atoms with E-state index in [0.29, 0.717) is 0 Å². The van der Waals surface area contributed by atoms with Crippen LogP contribution in [0.15, 0.2) is 22.7 Å². The van der Waals surface area contributed by atoms with Crippen LogP contribution >= 0.6 is 31.9 Å². The van der Waals surface area contributed by atoms with Crippen LogP contribution in [0.3, 0.4) is 0 Å². The number of carbonyl (C=O) groups excluding carboxylic acids is 1. The molecule has 0 saturated heterocycles. The van der Waals surface area contributed by atoms with Crippen LogP contribution in [-0.2, 0) is 0 Å². The quantitative estimate of drug-likeness (QED) is 0.266. The number of hydrogen-bond donors (Lipinski definition) is 0. The Balaban J connectivity index is -0.000000379. The van der Waals surface area contributed by atoms with Crippen LogP contribution in [0.4, 0.5) is 4.79 Å². The molecular formula is C11H12Br2K2O4. The summed E-state index contributed by atoms with van der Waals surface area (Å²) in [6.45, 7) is 2.82. The molecule has 96 valence electrons. The zero-order chi connectivity index (χ0) is 13.3. The average Bonchev–Trinajstić information content (AvgIpc) is 2.24. The molecule has 0 aliphatic carbocycles. The van der Waals surface area contributed by atoms with Crippen molar-refractivity contribution in [2.45, 2.75) is 13.3 Å². The molecular weight excluding hydrogens is 434 g/mol. The third kappa shape index (κ3) is 15.2. The SMILES string of the molecule is Cc1c(Br)cccc1OCCCBr.O=C([O-])[O-].[K+].[K+]. The fourth-order valence-corrected chi connectivity index (χ4v) is 1.56. The van der Waals surface area contributed by atoms with Gasteiger partial charge in [-0.3, -0.25) is 0 Å². The van der Waals surface area contributed by atoms with Gasteiger partial charge in [0.1, 0.15) is 5.75 Å². The van der Waals surface area contributed by atoms with Crippen molar-refractivity contribution in [1.29, 1.82) is 0 Å². The average molecular weight is 446 g/mol. The number of rotatable bonds is 4. The minimum Gasteiger partial charge on any atom is -0.652 e. The number of halogens is 2. The molecule has 4 nitrogen and oxygen atoms in total. The Kier molecular flexibility index (Phi) is 23.5. The predicted octanol–water partition coefficient (Wildman–Crippen LogP) is -4.52.